The van der Waals surface area contributed by atoms with E-state index in [1.54, 1.807) is 0 Å². The van der Waals surface area contributed by atoms with Crippen molar-refractivity contribution in [3.05, 3.63) is 42.5 Å². The van der Waals surface area contributed by atoms with Crippen LogP contribution in [0.3, 0.4) is 0 Å². The molecule has 0 radical (unpaired) electrons. The average Bonchev–Trinajstić information content (AvgIpc) is 2.72. The summed E-state index contributed by atoms with van der Waals surface area (Å²) in [4.78, 5) is 4.67. The standard InChI is InChI=1S/C22H31N3O2/c1-3-24(4-2)11-16-27-20-8-5-18(6-9-20)21-10-7-19(17-22(21)23)25-12-14-26-15-13-25/h5-10,17H,3-4,11-16,23H2,1-2H3. The first-order valence-electron chi connectivity index (χ1n) is 9.89. The van der Waals surface area contributed by atoms with Gasteiger partial charge in [0.25, 0.3) is 0 Å². The summed E-state index contributed by atoms with van der Waals surface area (Å²) in [6.45, 7) is 11.5. The molecule has 5 heteroatoms. The van der Waals surface area contributed by atoms with E-state index in [1.165, 1.54) is 0 Å². The van der Waals surface area contributed by atoms with Crippen LogP contribution in [0.1, 0.15) is 13.8 Å². The maximum Gasteiger partial charge on any atom is 0.119 e. The Bertz CT molecular complexity index is 708. The summed E-state index contributed by atoms with van der Waals surface area (Å²) in [6.07, 6.45) is 0. The van der Waals surface area contributed by atoms with Crippen LogP contribution < -0.4 is 15.4 Å². The number of hydrogen-bond acceptors (Lipinski definition) is 5. The van der Waals surface area contributed by atoms with Gasteiger partial charge >= 0.3 is 0 Å². The van der Waals surface area contributed by atoms with Crippen LogP contribution >= 0.6 is 0 Å². The quantitative estimate of drug-likeness (QED) is 0.722. The topological polar surface area (TPSA) is 51.0 Å². The van der Waals surface area contributed by atoms with Crippen LogP contribution in [-0.2, 0) is 4.74 Å². The lowest BCUT2D eigenvalue weighted by Gasteiger charge is -2.29. The van der Waals surface area contributed by atoms with E-state index in [-0.39, 0.29) is 0 Å². The Kier molecular flexibility index (Phi) is 6.96. The summed E-state index contributed by atoms with van der Waals surface area (Å²) in [5, 5.41) is 0. The van der Waals surface area contributed by atoms with E-state index < -0.39 is 0 Å². The minimum atomic E-state index is 0.706. The number of benzene rings is 2. The molecule has 0 amide bonds. The molecule has 1 aliphatic heterocycles. The highest BCUT2D eigenvalue weighted by molar-refractivity contribution is 5.79. The largest absolute Gasteiger partial charge is 0.492 e. The maximum absolute atomic E-state index is 6.35. The Balaban J connectivity index is 1.62. The Labute approximate surface area is 162 Å². The summed E-state index contributed by atoms with van der Waals surface area (Å²) < 4.78 is 11.3. The first-order valence-corrected chi connectivity index (χ1v) is 9.89. The van der Waals surface area contributed by atoms with Crippen molar-refractivity contribution in [2.45, 2.75) is 13.8 Å². The number of likely N-dealkylation sites (N-methyl/N-ethyl adjacent to an activating group) is 1. The number of hydrogen-bond donors (Lipinski definition) is 1. The zero-order chi connectivity index (χ0) is 19.1. The number of nitrogens with zero attached hydrogens (tertiary/aromatic N) is 2. The summed E-state index contributed by atoms with van der Waals surface area (Å²) in [7, 11) is 0. The summed E-state index contributed by atoms with van der Waals surface area (Å²) >= 11 is 0. The van der Waals surface area contributed by atoms with Gasteiger partial charge in [0.2, 0.25) is 0 Å². The maximum atomic E-state index is 6.35. The van der Waals surface area contributed by atoms with Crippen LogP contribution in [0.2, 0.25) is 0 Å². The Morgan fingerprint density at radius 1 is 1.04 bits per heavy atom. The van der Waals surface area contributed by atoms with E-state index in [9.17, 15) is 0 Å². The number of nitrogen functional groups attached to an aromatic ring is 1. The van der Waals surface area contributed by atoms with Crippen LogP contribution in [0.15, 0.2) is 42.5 Å². The van der Waals surface area contributed by atoms with Crippen molar-refractivity contribution < 1.29 is 9.47 Å². The van der Waals surface area contributed by atoms with Gasteiger partial charge in [0.05, 0.1) is 13.2 Å². The molecule has 0 aliphatic carbocycles. The SMILES string of the molecule is CCN(CC)CCOc1ccc(-c2ccc(N3CCOCC3)cc2N)cc1. The fourth-order valence-corrected chi connectivity index (χ4v) is 3.39. The molecule has 0 bridgehead atoms. The fraction of sp³-hybridized carbons (Fsp3) is 0.455. The molecule has 5 nitrogen and oxygen atoms in total. The summed E-state index contributed by atoms with van der Waals surface area (Å²) in [5.74, 6) is 0.898. The van der Waals surface area contributed by atoms with Gasteiger partial charge in [0.15, 0.2) is 0 Å². The van der Waals surface area contributed by atoms with Gasteiger partial charge in [-0.2, -0.15) is 0 Å². The second kappa shape index (κ2) is 9.62. The second-order valence-electron chi connectivity index (χ2n) is 6.77. The molecule has 2 N–H and O–H groups in total. The first-order chi connectivity index (χ1) is 13.2. The highest BCUT2D eigenvalue weighted by Crippen LogP contribution is 2.31. The van der Waals surface area contributed by atoms with Gasteiger partial charge < -0.3 is 25.0 Å². The van der Waals surface area contributed by atoms with Crippen molar-refractivity contribution in [3.8, 4) is 16.9 Å². The molecule has 3 rings (SSSR count). The van der Waals surface area contributed by atoms with Crippen molar-refractivity contribution in [1.82, 2.24) is 4.90 Å². The zero-order valence-electron chi connectivity index (χ0n) is 16.5. The third kappa shape index (κ3) is 5.15. The number of morpholine rings is 1. The molecule has 1 aliphatic rings. The minimum absolute atomic E-state index is 0.706. The van der Waals surface area contributed by atoms with Gasteiger partial charge in [-0.1, -0.05) is 32.0 Å². The molecule has 1 heterocycles. The molecule has 2 aromatic rings. The van der Waals surface area contributed by atoms with E-state index in [0.717, 1.165) is 74.2 Å². The van der Waals surface area contributed by atoms with Gasteiger partial charge in [0.1, 0.15) is 12.4 Å². The highest BCUT2D eigenvalue weighted by Gasteiger charge is 2.13. The van der Waals surface area contributed by atoms with Crippen LogP contribution in [0, 0.1) is 0 Å². The Morgan fingerprint density at radius 3 is 2.37 bits per heavy atom. The van der Waals surface area contributed by atoms with E-state index in [4.69, 9.17) is 15.2 Å². The smallest absolute Gasteiger partial charge is 0.119 e. The lowest BCUT2D eigenvalue weighted by atomic mass is 10.0. The average molecular weight is 370 g/mol. The number of rotatable bonds is 8. The first kappa shape index (κ1) is 19.5. The van der Waals surface area contributed by atoms with Crippen molar-refractivity contribution in [2.24, 2.45) is 0 Å². The van der Waals surface area contributed by atoms with E-state index in [2.05, 4.69) is 54.0 Å². The predicted octanol–water partition coefficient (Wildman–Crippen LogP) is 3.49. The van der Waals surface area contributed by atoms with E-state index in [1.807, 2.05) is 12.1 Å². The highest BCUT2D eigenvalue weighted by atomic mass is 16.5. The molecular formula is C22H31N3O2. The number of nitrogens with two attached hydrogens (primary N) is 1. The molecular weight excluding hydrogens is 338 g/mol. The number of anilines is 2. The van der Waals surface area contributed by atoms with Crippen LogP contribution in [0.4, 0.5) is 11.4 Å². The molecule has 27 heavy (non-hydrogen) atoms. The van der Waals surface area contributed by atoms with Crippen molar-refractivity contribution >= 4 is 11.4 Å². The monoisotopic (exact) mass is 369 g/mol. The lowest BCUT2D eigenvalue weighted by molar-refractivity contribution is 0.122. The molecule has 0 aromatic heterocycles. The fourth-order valence-electron chi connectivity index (χ4n) is 3.39. The van der Waals surface area contributed by atoms with Gasteiger partial charge in [-0.3, -0.25) is 0 Å². The van der Waals surface area contributed by atoms with Crippen LogP contribution in [0.5, 0.6) is 5.75 Å². The third-order valence-electron chi connectivity index (χ3n) is 5.15. The van der Waals surface area contributed by atoms with Crippen LogP contribution in [-0.4, -0.2) is 57.4 Å². The lowest BCUT2D eigenvalue weighted by Crippen LogP contribution is -2.36. The van der Waals surface area contributed by atoms with Crippen LogP contribution in [0.25, 0.3) is 11.1 Å². The summed E-state index contributed by atoms with van der Waals surface area (Å²) in [5.41, 5.74) is 10.5. The Hall–Kier alpha value is -2.24. The molecule has 0 atom stereocenters. The van der Waals surface area contributed by atoms with Gasteiger partial charge in [-0.15, -0.1) is 0 Å². The molecule has 146 valence electrons. The van der Waals surface area contributed by atoms with E-state index in [0.29, 0.717) is 6.61 Å². The molecule has 1 fully saturated rings. The minimum Gasteiger partial charge on any atom is -0.492 e. The molecule has 0 saturated carbocycles. The van der Waals surface area contributed by atoms with Gasteiger partial charge in [-0.25, -0.2) is 0 Å². The molecule has 2 aromatic carbocycles. The Morgan fingerprint density at radius 2 is 1.74 bits per heavy atom. The second-order valence-corrected chi connectivity index (χ2v) is 6.77. The van der Waals surface area contributed by atoms with Crippen molar-refractivity contribution in [3.63, 3.8) is 0 Å². The predicted molar refractivity (Wildman–Crippen MR) is 113 cm³/mol. The third-order valence-corrected chi connectivity index (χ3v) is 5.15. The zero-order valence-corrected chi connectivity index (χ0v) is 16.5. The van der Waals surface area contributed by atoms with Gasteiger partial charge in [-0.05, 0) is 42.9 Å². The van der Waals surface area contributed by atoms with Gasteiger partial charge in [0, 0.05) is 36.6 Å². The van der Waals surface area contributed by atoms with E-state index >= 15 is 0 Å². The van der Waals surface area contributed by atoms with Crippen molar-refractivity contribution in [1.29, 1.82) is 0 Å². The molecule has 1 saturated heterocycles. The number of ether oxygens (including phenoxy) is 2. The molecule has 0 spiro atoms. The summed E-state index contributed by atoms with van der Waals surface area (Å²) in [6, 6.07) is 14.5. The van der Waals surface area contributed by atoms with Crippen molar-refractivity contribution in [2.75, 3.05) is 63.2 Å². The molecule has 0 unspecified atom stereocenters. The normalized spacial score (nSPS) is 14.6.